The van der Waals surface area contributed by atoms with Gasteiger partial charge in [-0.25, -0.2) is 4.98 Å². The third kappa shape index (κ3) is 6.28. The second kappa shape index (κ2) is 12.0. The van der Waals surface area contributed by atoms with Crippen LogP contribution in [0.25, 0.3) is 5.65 Å². The topological polar surface area (TPSA) is 137 Å². The number of anilines is 4. The molecule has 236 valence electrons. The van der Waals surface area contributed by atoms with E-state index in [1.165, 1.54) is 5.56 Å². The highest BCUT2D eigenvalue weighted by molar-refractivity contribution is 5.94. The van der Waals surface area contributed by atoms with Gasteiger partial charge >= 0.3 is 0 Å². The molecule has 4 N–H and O–H groups in total. The Morgan fingerprint density at radius 3 is 2.44 bits per heavy atom. The van der Waals surface area contributed by atoms with Crippen molar-refractivity contribution < 1.29 is 9.59 Å². The summed E-state index contributed by atoms with van der Waals surface area (Å²) in [5.41, 5.74) is 10.3. The minimum absolute atomic E-state index is 0.0273. The molecule has 6 rings (SSSR count). The van der Waals surface area contributed by atoms with Crippen molar-refractivity contribution >= 4 is 40.7 Å². The molecular weight excluding hydrogens is 568 g/mol. The monoisotopic (exact) mass is 610 g/mol. The number of piperazine rings is 1. The molecule has 2 aliphatic rings. The van der Waals surface area contributed by atoms with Crippen LogP contribution in [0, 0.1) is 0 Å². The quantitative estimate of drug-likeness (QED) is 0.299. The number of fused-ring (bicyclic) bond motifs is 1. The number of carbonyl (C=O) groups is 2. The highest BCUT2D eigenvalue weighted by Gasteiger charge is 2.32. The van der Waals surface area contributed by atoms with Gasteiger partial charge in [-0.1, -0.05) is 45.0 Å². The van der Waals surface area contributed by atoms with E-state index in [1.54, 1.807) is 15.6 Å². The molecule has 0 bridgehead atoms. The number of hydrogen-bond acceptors (Lipinski definition) is 9. The highest BCUT2D eigenvalue weighted by atomic mass is 16.2. The molecule has 0 saturated carbocycles. The summed E-state index contributed by atoms with van der Waals surface area (Å²) in [5.74, 6) is 1.41. The van der Waals surface area contributed by atoms with Crippen molar-refractivity contribution in [3.05, 3.63) is 71.4 Å². The average Bonchev–Trinajstić information content (AvgIpc) is 3.40. The molecule has 12 nitrogen and oxygen atoms in total. The zero-order valence-corrected chi connectivity index (χ0v) is 26.6. The van der Waals surface area contributed by atoms with Gasteiger partial charge in [-0.15, -0.1) is 5.10 Å². The number of benzene rings is 2. The second-order valence-corrected chi connectivity index (χ2v) is 13.2. The maximum atomic E-state index is 13.1. The largest absolute Gasteiger partial charge is 0.382 e. The molecule has 2 amide bonds. The van der Waals surface area contributed by atoms with Crippen molar-refractivity contribution in [1.29, 1.82) is 0 Å². The Labute approximate surface area is 263 Å². The van der Waals surface area contributed by atoms with Gasteiger partial charge < -0.3 is 26.2 Å². The van der Waals surface area contributed by atoms with E-state index in [-0.39, 0.29) is 29.3 Å². The standard InChI is InChI=1S/C33H42N10O2/c1-33(2,3)23-12-8-22(9-13-23)30(44)37-25-7-6-16-42(20-25)32-38-28(29-35-19-26(34)43(29)39-32)36-24-14-10-21(11-15-24)27-31(45)41(5)18-17-40(27)4/h8-15,19,25,27H,6-7,16-18,20,34H2,1-5H3,(H,37,44)(H,36,38,39)/t25-,27?/m0/s1. The minimum atomic E-state index is -0.308. The first-order chi connectivity index (χ1) is 21.5. The van der Waals surface area contributed by atoms with E-state index in [0.29, 0.717) is 35.3 Å². The number of nitrogens with one attached hydrogen (secondary N) is 2. The van der Waals surface area contributed by atoms with Gasteiger partial charge in [0.15, 0.2) is 11.5 Å². The summed E-state index contributed by atoms with van der Waals surface area (Å²) in [6.45, 7) is 9.33. The molecule has 0 radical (unpaired) electrons. The number of hydrogen-bond donors (Lipinski definition) is 3. The van der Waals surface area contributed by atoms with E-state index in [1.807, 2.05) is 62.6 Å². The Morgan fingerprint density at radius 1 is 1.00 bits per heavy atom. The molecule has 2 aromatic carbocycles. The van der Waals surface area contributed by atoms with Gasteiger partial charge in [0.05, 0.1) is 6.20 Å². The normalized spacial score (nSPS) is 19.6. The Morgan fingerprint density at radius 2 is 1.73 bits per heavy atom. The predicted octanol–water partition coefficient (Wildman–Crippen LogP) is 3.59. The van der Waals surface area contributed by atoms with Crippen LogP contribution in [0.15, 0.2) is 54.7 Å². The molecule has 2 saturated heterocycles. The van der Waals surface area contributed by atoms with Crippen LogP contribution >= 0.6 is 0 Å². The lowest BCUT2D eigenvalue weighted by molar-refractivity contribution is -0.139. The first-order valence-electron chi connectivity index (χ1n) is 15.5. The van der Waals surface area contributed by atoms with E-state index in [9.17, 15) is 9.59 Å². The zero-order chi connectivity index (χ0) is 31.9. The average molecular weight is 611 g/mol. The fraction of sp³-hybridized carbons (Fsp3) is 0.424. The van der Waals surface area contributed by atoms with Crippen LogP contribution < -0.4 is 21.3 Å². The number of aromatic nitrogens is 4. The lowest BCUT2D eigenvalue weighted by Crippen LogP contribution is -2.48. The van der Waals surface area contributed by atoms with Crippen molar-refractivity contribution in [2.45, 2.75) is 51.1 Å². The fourth-order valence-electron chi connectivity index (χ4n) is 6.00. The fourth-order valence-corrected chi connectivity index (χ4v) is 6.00. The van der Waals surface area contributed by atoms with Gasteiger partial charge in [0.1, 0.15) is 11.9 Å². The molecule has 2 atom stereocenters. The number of piperidine rings is 1. The molecule has 4 aromatic rings. The van der Waals surface area contributed by atoms with Crippen LogP contribution in [0.1, 0.15) is 61.1 Å². The van der Waals surface area contributed by atoms with E-state index in [0.717, 1.165) is 43.7 Å². The van der Waals surface area contributed by atoms with Crippen LogP contribution in [0.2, 0.25) is 0 Å². The molecule has 45 heavy (non-hydrogen) atoms. The molecule has 12 heteroatoms. The number of carbonyl (C=O) groups excluding carboxylic acids is 2. The summed E-state index contributed by atoms with van der Waals surface area (Å²) in [5, 5.41) is 11.3. The first-order valence-corrected chi connectivity index (χ1v) is 15.5. The Balaban J connectivity index is 1.19. The number of imidazole rings is 1. The van der Waals surface area contributed by atoms with Gasteiger partial charge in [-0.2, -0.15) is 9.50 Å². The van der Waals surface area contributed by atoms with Crippen molar-refractivity contribution in [1.82, 2.24) is 34.7 Å². The number of rotatable bonds is 6. The Hall–Kier alpha value is -4.71. The second-order valence-electron chi connectivity index (χ2n) is 13.2. The predicted molar refractivity (Wildman–Crippen MR) is 176 cm³/mol. The number of nitrogens with two attached hydrogens (primary N) is 1. The van der Waals surface area contributed by atoms with Gasteiger partial charge in [-0.3, -0.25) is 14.5 Å². The van der Waals surface area contributed by atoms with Crippen LogP contribution in [-0.4, -0.2) is 87.5 Å². The number of nitrogen functional groups attached to an aromatic ring is 1. The lowest BCUT2D eigenvalue weighted by atomic mass is 9.86. The van der Waals surface area contributed by atoms with Crippen LogP contribution in [0.3, 0.4) is 0 Å². The van der Waals surface area contributed by atoms with Gasteiger partial charge in [-0.05, 0) is 60.7 Å². The first kappa shape index (κ1) is 30.3. The smallest absolute Gasteiger partial charge is 0.251 e. The highest BCUT2D eigenvalue weighted by Crippen LogP contribution is 2.29. The molecule has 2 fully saturated rings. The maximum Gasteiger partial charge on any atom is 0.251 e. The Kier molecular flexibility index (Phi) is 8.08. The van der Waals surface area contributed by atoms with Crippen LogP contribution in [0.4, 0.5) is 23.3 Å². The van der Waals surface area contributed by atoms with Crippen LogP contribution in [-0.2, 0) is 10.2 Å². The molecule has 1 unspecified atom stereocenters. The molecule has 2 aromatic heterocycles. The van der Waals surface area contributed by atoms with Crippen molar-refractivity contribution in [2.75, 3.05) is 56.2 Å². The van der Waals surface area contributed by atoms with Gasteiger partial charge in [0.25, 0.3) is 5.91 Å². The number of nitrogens with zero attached hydrogens (tertiary/aromatic N) is 7. The van der Waals surface area contributed by atoms with E-state index in [2.05, 4.69) is 46.2 Å². The number of likely N-dealkylation sites (N-methyl/N-ethyl adjacent to an activating group) is 2. The van der Waals surface area contributed by atoms with Crippen molar-refractivity contribution in [3.63, 3.8) is 0 Å². The van der Waals surface area contributed by atoms with Crippen molar-refractivity contribution in [2.24, 2.45) is 0 Å². The molecular formula is C33H42N10O2. The summed E-state index contributed by atoms with van der Waals surface area (Å²) >= 11 is 0. The summed E-state index contributed by atoms with van der Waals surface area (Å²) < 4.78 is 1.59. The summed E-state index contributed by atoms with van der Waals surface area (Å²) in [6, 6.07) is 15.3. The molecule has 4 heterocycles. The third-order valence-corrected chi connectivity index (χ3v) is 8.76. The summed E-state index contributed by atoms with van der Waals surface area (Å²) in [7, 11) is 3.82. The summed E-state index contributed by atoms with van der Waals surface area (Å²) in [4.78, 5) is 41.2. The molecule has 2 aliphatic heterocycles. The Bertz CT molecular complexity index is 1690. The maximum absolute atomic E-state index is 13.1. The van der Waals surface area contributed by atoms with Gasteiger partial charge in [0, 0.05) is 50.5 Å². The minimum Gasteiger partial charge on any atom is -0.382 e. The van der Waals surface area contributed by atoms with Gasteiger partial charge in [0.2, 0.25) is 11.9 Å². The SMILES string of the molecule is CN1CCN(C)C(c2ccc(Nc3nc(N4CCC[C@H](NC(=O)c5ccc(C(C)(C)C)cc5)C4)nn4c(N)cnc34)cc2)C1=O. The molecule has 0 aliphatic carbocycles. The number of amides is 2. The third-order valence-electron chi connectivity index (χ3n) is 8.76. The van der Waals surface area contributed by atoms with E-state index >= 15 is 0 Å². The van der Waals surface area contributed by atoms with Crippen LogP contribution in [0.5, 0.6) is 0 Å². The van der Waals surface area contributed by atoms with E-state index < -0.39 is 0 Å². The van der Waals surface area contributed by atoms with E-state index in [4.69, 9.17) is 15.8 Å². The summed E-state index contributed by atoms with van der Waals surface area (Å²) in [6.07, 6.45) is 3.30. The lowest BCUT2D eigenvalue weighted by Gasteiger charge is -2.37. The molecule has 0 spiro atoms. The zero-order valence-electron chi connectivity index (χ0n) is 26.6. The van der Waals surface area contributed by atoms with Crippen molar-refractivity contribution in [3.8, 4) is 0 Å².